The van der Waals surface area contributed by atoms with Gasteiger partial charge in [0.25, 0.3) is 5.91 Å². The van der Waals surface area contributed by atoms with E-state index in [1.54, 1.807) is 13.2 Å². The molecule has 0 unspecified atom stereocenters. The molecule has 3 N–H and O–H groups in total. The number of H-pyrrole nitrogens is 2. The Labute approximate surface area is 223 Å². The predicted octanol–water partition coefficient (Wildman–Crippen LogP) is 6.17. The molecule has 0 bridgehead atoms. The highest BCUT2D eigenvalue weighted by atomic mass is 19.1. The van der Waals surface area contributed by atoms with Gasteiger partial charge in [-0.1, -0.05) is 6.07 Å². The van der Waals surface area contributed by atoms with Crippen molar-refractivity contribution >= 4 is 34.0 Å². The molecule has 8 heteroatoms. The summed E-state index contributed by atoms with van der Waals surface area (Å²) in [5.74, 6) is 0.293. The van der Waals surface area contributed by atoms with Crippen LogP contribution in [0.2, 0.25) is 0 Å². The van der Waals surface area contributed by atoms with E-state index in [0.717, 1.165) is 71.0 Å². The first-order chi connectivity index (χ1) is 18.4. The third kappa shape index (κ3) is 7.44. The average Bonchev–Trinajstić information content (AvgIpc) is 3.50. The van der Waals surface area contributed by atoms with Gasteiger partial charge in [0, 0.05) is 54.7 Å². The summed E-state index contributed by atoms with van der Waals surface area (Å²) in [6.45, 7) is 7.71. The maximum absolute atomic E-state index is 14.2. The lowest BCUT2D eigenvalue weighted by Crippen LogP contribution is -2.26. The molecule has 1 amide bonds. The van der Waals surface area contributed by atoms with Crippen molar-refractivity contribution in [2.24, 2.45) is 0 Å². The molecular formula is C30H38FN3O4. The van der Waals surface area contributed by atoms with E-state index in [4.69, 9.17) is 4.74 Å². The minimum absolute atomic E-state index is 0.186. The van der Waals surface area contributed by atoms with E-state index >= 15 is 0 Å². The van der Waals surface area contributed by atoms with Crippen molar-refractivity contribution < 1.29 is 23.5 Å². The number of fused-ring (bicyclic) bond motifs is 2. The number of carbonyl (C=O) groups excluding carboxylic acids is 2. The number of benzene rings is 2. The molecule has 2 aromatic heterocycles. The fourth-order valence-electron chi connectivity index (χ4n) is 4.37. The Morgan fingerprint density at radius 1 is 1.08 bits per heavy atom. The smallest absolute Gasteiger partial charge is 0.267 e. The predicted molar refractivity (Wildman–Crippen MR) is 150 cm³/mol. The highest BCUT2D eigenvalue weighted by molar-refractivity contribution is 5.98. The van der Waals surface area contributed by atoms with E-state index in [-0.39, 0.29) is 11.7 Å². The first-order valence-corrected chi connectivity index (χ1v) is 13.1. The summed E-state index contributed by atoms with van der Waals surface area (Å²) in [5.41, 5.74) is 4.79. The summed E-state index contributed by atoms with van der Waals surface area (Å²) >= 11 is 0. The summed E-state index contributed by atoms with van der Waals surface area (Å²) in [6.07, 6.45) is 4.88. The van der Waals surface area contributed by atoms with Crippen molar-refractivity contribution in [3.8, 4) is 5.75 Å². The quantitative estimate of drug-likeness (QED) is 0.153. The normalized spacial score (nSPS) is 10.9. The molecule has 7 nitrogen and oxygen atoms in total. The van der Waals surface area contributed by atoms with Crippen LogP contribution in [-0.2, 0) is 16.0 Å². The molecule has 4 rings (SSSR count). The van der Waals surface area contributed by atoms with Crippen molar-refractivity contribution in [1.29, 1.82) is 0 Å². The zero-order chi connectivity index (χ0) is 27.5. The van der Waals surface area contributed by atoms with E-state index in [1.807, 2.05) is 45.0 Å². The minimum atomic E-state index is -0.265. The van der Waals surface area contributed by atoms with Gasteiger partial charge in [-0.3, -0.25) is 4.79 Å². The van der Waals surface area contributed by atoms with Crippen LogP contribution in [0, 0.1) is 19.7 Å². The van der Waals surface area contributed by atoms with Gasteiger partial charge < -0.3 is 29.6 Å². The molecule has 4 aromatic rings. The Morgan fingerprint density at radius 3 is 2.61 bits per heavy atom. The second kappa shape index (κ2) is 14.3. The molecule has 2 heterocycles. The van der Waals surface area contributed by atoms with Gasteiger partial charge in [0.05, 0.1) is 12.1 Å². The second-order valence-electron chi connectivity index (χ2n) is 9.22. The Kier molecular flexibility index (Phi) is 10.9. The van der Waals surface area contributed by atoms with Crippen LogP contribution in [0.1, 0.15) is 59.9 Å². The number of halogens is 1. The van der Waals surface area contributed by atoms with Gasteiger partial charge in [0.2, 0.25) is 0 Å². The molecule has 0 saturated heterocycles. The maximum Gasteiger partial charge on any atom is 0.267 e. The van der Waals surface area contributed by atoms with Crippen molar-refractivity contribution in [3.63, 3.8) is 0 Å². The summed E-state index contributed by atoms with van der Waals surface area (Å²) in [6, 6.07) is 10.8. The van der Waals surface area contributed by atoms with Gasteiger partial charge in [-0.15, -0.1) is 0 Å². The number of aromatic nitrogens is 2. The summed E-state index contributed by atoms with van der Waals surface area (Å²) < 4.78 is 24.5. The van der Waals surface area contributed by atoms with E-state index < -0.39 is 0 Å². The molecule has 0 spiro atoms. The third-order valence-electron chi connectivity index (χ3n) is 6.45. The Morgan fingerprint density at radius 2 is 1.87 bits per heavy atom. The molecule has 0 fully saturated rings. The summed E-state index contributed by atoms with van der Waals surface area (Å²) in [5, 5.41) is 4.79. The Bertz CT molecular complexity index is 1360. The highest BCUT2D eigenvalue weighted by Crippen LogP contribution is 2.28. The zero-order valence-corrected chi connectivity index (χ0v) is 22.7. The monoisotopic (exact) mass is 523 g/mol. The number of amides is 1. The van der Waals surface area contributed by atoms with Gasteiger partial charge in [-0.05, 0) is 81.8 Å². The standard InChI is InChI=1S/C27H30FN3O3.C3H8O/c1-17-7-10-22(28)26-25(17)21(18(2)30-26)11-12-29-27(33)24-15-19-8-9-20(16-23(19)31-24)34-14-6-4-3-5-13-32;1-3-4-2/h7-10,13,15-16,30-31H,3-6,11-12,14H2,1-2H3,(H,29,33);3H2,1-2H3. The number of carbonyl (C=O) groups is 2. The van der Waals surface area contributed by atoms with Gasteiger partial charge in [0.1, 0.15) is 23.5 Å². The second-order valence-corrected chi connectivity index (χ2v) is 9.22. The minimum Gasteiger partial charge on any atom is -0.494 e. The molecule has 0 saturated carbocycles. The van der Waals surface area contributed by atoms with Gasteiger partial charge in [0.15, 0.2) is 0 Å². The number of nitrogens with one attached hydrogen (secondary N) is 3. The number of aldehydes is 1. The van der Waals surface area contributed by atoms with Gasteiger partial charge in [-0.25, -0.2) is 4.39 Å². The van der Waals surface area contributed by atoms with Crippen molar-refractivity contribution in [2.45, 2.75) is 52.9 Å². The number of ether oxygens (including phenoxy) is 2. The molecule has 0 aliphatic carbocycles. The maximum atomic E-state index is 14.2. The van der Waals surface area contributed by atoms with Crippen LogP contribution in [-0.4, -0.2) is 49.0 Å². The molecule has 204 valence electrons. The zero-order valence-electron chi connectivity index (χ0n) is 22.7. The molecule has 0 atom stereocenters. The number of aromatic amines is 2. The largest absolute Gasteiger partial charge is 0.494 e. The Hall–Kier alpha value is -3.65. The third-order valence-corrected chi connectivity index (χ3v) is 6.45. The lowest BCUT2D eigenvalue weighted by molar-refractivity contribution is -0.107. The number of rotatable bonds is 12. The van der Waals surface area contributed by atoms with Crippen LogP contribution in [0.15, 0.2) is 36.4 Å². The van der Waals surface area contributed by atoms with Crippen LogP contribution >= 0.6 is 0 Å². The molecule has 2 aromatic carbocycles. The van der Waals surface area contributed by atoms with E-state index in [1.165, 1.54) is 6.07 Å². The first kappa shape index (κ1) is 28.9. The van der Waals surface area contributed by atoms with E-state index in [0.29, 0.717) is 37.2 Å². The molecular weight excluding hydrogens is 485 g/mol. The van der Waals surface area contributed by atoms with Crippen LogP contribution in [0.5, 0.6) is 5.75 Å². The summed E-state index contributed by atoms with van der Waals surface area (Å²) in [4.78, 5) is 29.4. The number of hydrogen-bond donors (Lipinski definition) is 3. The van der Waals surface area contributed by atoms with E-state index in [2.05, 4.69) is 20.0 Å². The Balaban J connectivity index is 0.000000934. The van der Waals surface area contributed by atoms with Gasteiger partial charge in [-0.2, -0.15) is 0 Å². The van der Waals surface area contributed by atoms with Crippen LogP contribution in [0.25, 0.3) is 21.8 Å². The number of hydrogen-bond acceptors (Lipinski definition) is 4. The average molecular weight is 524 g/mol. The lowest BCUT2D eigenvalue weighted by Gasteiger charge is -2.06. The topological polar surface area (TPSA) is 96.2 Å². The highest BCUT2D eigenvalue weighted by Gasteiger charge is 2.15. The van der Waals surface area contributed by atoms with Gasteiger partial charge >= 0.3 is 0 Å². The van der Waals surface area contributed by atoms with E-state index in [9.17, 15) is 14.0 Å². The molecule has 38 heavy (non-hydrogen) atoms. The molecule has 0 aliphatic rings. The molecule has 0 aliphatic heterocycles. The van der Waals surface area contributed by atoms with Crippen LogP contribution in [0.3, 0.4) is 0 Å². The number of unbranched alkanes of at least 4 members (excludes halogenated alkanes) is 3. The van der Waals surface area contributed by atoms with Crippen molar-refractivity contribution in [2.75, 3.05) is 26.9 Å². The molecule has 0 radical (unpaired) electrons. The van der Waals surface area contributed by atoms with Crippen molar-refractivity contribution in [3.05, 3.63) is 64.7 Å². The number of aryl methyl sites for hydroxylation is 2. The number of methoxy groups -OCH3 is 1. The summed E-state index contributed by atoms with van der Waals surface area (Å²) in [7, 11) is 1.68. The van der Waals surface area contributed by atoms with Crippen LogP contribution < -0.4 is 10.1 Å². The van der Waals surface area contributed by atoms with Crippen molar-refractivity contribution in [1.82, 2.24) is 15.3 Å². The van der Waals surface area contributed by atoms with Crippen LogP contribution in [0.4, 0.5) is 4.39 Å². The first-order valence-electron chi connectivity index (χ1n) is 13.1. The lowest BCUT2D eigenvalue weighted by atomic mass is 10.0. The fourth-order valence-corrected chi connectivity index (χ4v) is 4.37. The fraction of sp³-hybridized carbons (Fsp3) is 0.400. The SMILES string of the molecule is CCOC.Cc1[nH]c2c(F)ccc(C)c2c1CCNC(=O)c1cc2ccc(OCCCCCC=O)cc2[nH]1.